The second kappa shape index (κ2) is 9.04. The summed E-state index contributed by atoms with van der Waals surface area (Å²) < 4.78 is 31.5. The summed E-state index contributed by atoms with van der Waals surface area (Å²) >= 11 is 0. The normalized spacial score (nSPS) is 11.9. The molecule has 1 aliphatic heterocycles. The van der Waals surface area contributed by atoms with Gasteiger partial charge in [-0.25, -0.2) is 9.07 Å². The Morgan fingerprint density at radius 1 is 1.00 bits per heavy atom. The number of nitrogens with zero attached hydrogens (tertiary/aromatic N) is 2. The number of halogens is 1. The highest BCUT2D eigenvalue weighted by atomic mass is 19.1. The van der Waals surface area contributed by atoms with E-state index in [0.29, 0.717) is 22.9 Å². The number of carbonyl (C=O) groups excluding carboxylic acids is 1. The number of carbonyl (C=O) groups is 1. The van der Waals surface area contributed by atoms with E-state index in [1.807, 2.05) is 48.5 Å². The Morgan fingerprint density at radius 2 is 1.79 bits per heavy atom. The number of ether oxygens (including phenoxy) is 3. The van der Waals surface area contributed by atoms with Crippen LogP contribution in [-0.2, 0) is 13.2 Å². The molecule has 166 valence electrons. The van der Waals surface area contributed by atoms with Crippen molar-refractivity contribution in [2.24, 2.45) is 0 Å². The van der Waals surface area contributed by atoms with E-state index in [-0.39, 0.29) is 31.5 Å². The molecule has 0 fully saturated rings. The van der Waals surface area contributed by atoms with Gasteiger partial charge in [0.15, 0.2) is 22.9 Å². The quantitative estimate of drug-likeness (QED) is 0.460. The molecule has 5 rings (SSSR count). The van der Waals surface area contributed by atoms with Gasteiger partial charge in [-0.05, 0) is 47.5 Å². The van der Waals surface area contributed by atoms with E-state index in [0.717, 1.165) is 11.1 Å². The molecule has 7 nitrogen and oxygen atoms in total. The van der Waals surface area contributed by atoms with Gasteiger partial charge < -0.3 is 19.5 Å². The van der Waals surface area contributed by atoms with Crippen molar-refractivity contribution in [3.63, 3.8) is 0 Å². The molecule has 0 unspecified atom stereocenters. The van der Waals surface area contributed by atoms with Crippen molar-refractivity contribution in [3.8, 4) is 22.9 Å². The summed E-state index contributed by atoms with van der Waals surface area (Å²) in [5.74, 6) is 0.907. The van der Waals surface area contributed by atoms with Crippen LogP contribution in [0.3, 0.4) is 0 Å². The van der Waals surface area contributed by atoms with E-state index in [2.05, 4.69) is 10.4 Å². The van der Waals surface area contributed by atoms with Crippen LogP contribution in [0.25, 0.3) is 5.69 Å². The summed E-state index contributed by atoms with van der Waals surface area (Å²) in [6, 6.07) is 20.9. The topological polar surface area (TPSA) is 74.6 Å². The van der Waals surface area contributed by atoms with Crippen LogP contribution in [-0.4, -0.2) is 22.5 Å². The van der Waals surface area contributed by atoms with E-state index >= 15 is 0 Å². The first kappa shape index (κ1) is 20.6. The molecule has 0 saturated heterocycles. The fraction of sp³-hybridized carbons (Fsp3) is 0.120. The van der Waals surface area contributed by atoms with Crippen LogP contribution in [0, 0.1) is 5.82 Å². The zero-order valence-electron chi connectivity index (χ0n) is 17.5. The maximum absolute atomic E-state index is 13.3. The van der Waals surface area contributed by atoms with Crippen molar-refractivity contribution in [2.45, 2.75) is 13.2 Å². The van der Waals surface area contributed by atoms with Gasteiger partial charge in [0.05, 0.1) is 11.9 Å². The number of benzene rings is 3. The summed E-state index contributed by atoms with van der Waals surface area (Å²) in [7, 11) is 0. The van der Waals surface area contributed by atoms with E-state index in [1.165, 1.54) is 16.8 Å². The van der Waals surface area contributed by atoms with Gasteiger partial charge in [0, 0.05) is 6.54 Å². The minimum atomic E-state index is -0.392. The summed E-state index contributed by atoms with van der Waals surface area (Å²) in [6.45, 7) is 0.740. The second-order valence-corrected chi connectivity index (χ2v) is 7.41. The molecule has 1 N–H and O–H groups in total. The molecule has 3 aromatic carbocycles. The Labute approximate surface area is 189 Å². The number of hydrogen-bond donors (Lipinski definition) is 1. The van der Waals surface area contributed by atoms with Crippen LogP contribution in [0.2, 0.25) is 0 Å². The first-order valence-electron chi connectivity index (χ1n) is 10.3. The maximum Gasteiger partial charge on any atom is 0.275 e. The molecule has 1 amide bonds. The Hall–Kier alpha value is -4.33. The predicted molar refractivity (Wildman–Crippen MR) is 118 cm³/mol. The van der Waals surface area contributed by atoms with Gasteiger partial charge in [-0.1, -0.05) is 36.4 Å². The fourth-order valence-corrected chi connectivity index (χ4v) is 3.40. The first-order valence-corrected chi connectivity index (χ1v) is 10.3. The lowest BCUT2D eigenvalue weighted by Crippen LogP contribution is -2.24. The molecule has 2 heterocycles. The summed E-state index contributed by atoms with van der Waals surface area (Å²) in [4.78, 5) is 13.0. The third kappa shape index (κ3) is 4.64. The van der Waals surface area contributed by atoms with Crippen LogP contribution in [0.1, 0.15) is 21.6 Å². The highest BCUT2D eigenvalue weighted by Crippen LogP contribution is 2.32. The van der Waals surface area contributed by atoms with Gasteiger partial charge in [-0.3, -0.25) is 4.79 Å². The highest BCUT2D eigenvalue weighted by Gasteiger charge is 2.20. The first-order chi connectivity index (χ1) is 16.2. The third-order valence-electron chi connectivity index (χ3n) is 5.11. The van der Waals surface area contributed by atoms with Gasteiger partial charge in [0.2, 0.25) is 6.79 Å². The van der Waals surface area contributed by atoms with Crippen LogP contribution < -0.4 is 19.5 Å². The zero-order chi connectivity index (χ0) is 22.6. The largest absolute Gasteiger partial charge is 0.485 e. The van der Waals surface area contributed by atoms with Crippen molar-refractivity contribution < 1.29 is 23.4 Å². The van der Waals surface area contributed by atoms with E-state index in [4.69, 9.17) is 14.2 Å². The zero-order valence-corrected chi connectivity index (χ0v) is 17.5. The number of aromatic nitrogens is 2. The summed E-state index contributed by atoms with van der Waals surface area (Å²) in [5.41, 5.74) is 2.56. The standard InChI is InChI=1S/C25H20FN3O4/c26-19-7-9-20(10-8-19)29-14-23(31-15-17-4-2-1-3-5-17)24(28-29)25(30)27-13-18-6-11-21-22(12-18)33-16-32-21/h1-12,14H,13,15-16H2,(H,27,30). The number of fused-ring (bicyclic) bond motifs is 1. The molecule has 1 aromatic heterocycles. The van der Waals surface area contributed by atoms with E-state index in [1.54, 1.807) is 18.3 Å². The Bertz CT molecular complexity index is 1270. The lowest BCUT2D eigenvalue weighted by molar-refractivity contribution is 0.0941. The second-order valence-electron chi connectivity index (χ2n) is 7.41. The van der Waals surface area contributed by atoms with Gasteiger partial charge in [-0.15, -0.1) is 0 Å². The average molecular weight is 445 g/mol. The SMILES string of the molecule is O=C(NCc1ccc2c(c1)OCO2)c1nn(-c2ccc(F)cc2)cc1OCc1ccccc1. The Kier molecular flexibility index (Phi) is 5.63. The van der Waals surface area contributed by atoms with E-state index < -0.39 is 5.91 Å². The maximum atomic E-state index is 13.3. The van der Waals surface area contributed by atoms with Gasteiger partial charge in [-0.2, -0.15) is 5.10 Å². The van der Waals surface area contributed by atoms with Crippen LogP contribution >= 0.6 is 0 Å². The van der Waals surface area contributed by atoms with Gasteiger partial charge in [0.1, 0.15) is 12.4 Å². The summed E-state index contributed by atoms with van der Waals surface area (Å²) in [5, 5.41) is 7.27. The Balaban J connectivity index is 1.36. The molecule has 33 heavy (non-hydrogen) atoms. The van der Waals surface area contributed by atoms with Crippen LogP contribution in [0.15, 0.2) is 79.0 Å². The lowest BCUT2D eigenvalue weighted by atomic mass is 10.2. The summed E-state index contributed by atoms with van der Waals surface area (Å²) in [6.07, 6.45) is 1.62. The van der Waals surface area contributed by atoms with Crippen molar-refractivity contribution >= 4 is 5.91 Å². The molecule has 0 aliphatic carbocycles. The molecule has 0 spiro atoms. The van der Waals surface area contributed by atoms with Gasteiger partial charge in [0.25, 0.3) is 5.91 Å². The third-order valence-corrected chi connectivity index (χ3v) is 5.11. The molecule has 0 saturated carbocycles. The molecular weight excluding hydrogens is 425 g/mol. The van der Waals surface area contributed by atoms with Gasteiger partial charge >= 0.3 is 0 Å². The van der Waals surface area contributed by atoms with Crippen LogP contribution in [0.5, 0.6) is 17.2 Å². The van der Waals surface area contributed by atoms with Crippen molar-refractivity contribution in [1.82, 2.24) is 15.1 Å². The highest BCUT2D eigenvalue weighted by molar-refractivity contribution is 5.94. The predicted octanol–water partition coefficient (Wildman–Crippen LogP) is 4.25. The van der Waals surface area contributed by atoms with Crippen molar-refractivity contribution in [2.75, 3.05) is 6.79 Å². The number of hydrogen-bond acceptors (Lipinski definition) is 5. The molecule has 0 radical (unpaired) electrons. The number of rotatable bonds is 7. The number of amides is 1. The molecular formula is C25H20FN3O4. The lowest BCUT2D eigenvalue weighted by Gasteiger charge is -2.08. The van der Waals surface area contributed by atoms with Crippen molar-refractivity contribution in [3.05, 3.63) is 102 Å². The minimum absolute atomic E-state index is 0.135. The monoisotopic (exact) mass is 445 g/mol. The molecule has 4 aromatic rings. The van der Waals surface area contributed by atoms with Crippen LogP contribution in [0.4, 0.5) is 4.39 Å². The Morgan fingerprint density at radius 3 is 2.61 bits per heavy atom. The molecule has 0 atom stereocenters. The van der Waals surface area contributed by atoms with E-state index in [9.17, 15) is 9.18 Å². The molecule has 1 aliphatic rings. The average Bonchev–Trinajstić information content (AvgIpc) is 3.49. The minimum Gasteiger partial charge on any atom is -0.485 e. The number of nitrogens with one attached hydrogen (secondary N) is 1. The smallest absolute Gasteiger partial charge is 0.275 e. The fourth-order valence-electron chi connectivity index (χ4n) is 3.40. The molecule has 8 heteroatoms. The van der Waals surface area contributed by atoms with Crippen molar-refractivity contribution in [1.29, 1.82) is 0 Å². The molecule has 0 bridgehead atoms.